The summed E-state index contributed by atoms with van der Waals surface area (Å²) in [5.74, 6) is -0.657. The first-order valence-corrected chi connectivity index (χ1v) is 6.89. The van der Waals surface area contributed by atoms with Crippen LogP contribution in [0.1, 0.15) is 16.7 Å². The molecule has 2 aliphatic rings. The first-order valence-electron chi connectivity index (χ1n) is 6.89. The van der Waals surface area contributed by atoms with E-state index in [2.05, 4.69) is 10.2 Å². The van der Waals surface area contributed by atoms with Gasteiger partial charge in [-0.05, 0) is 31.0 Å². The van der Waals surface area contributed by atoms with Gasteiger partial charge in [-0.15, -0.1) is 5.11 Å². The van der Waals surface area contributed by atoms with Gasteiger partial charge in [0.25, 0.3) is 0 Å². The number of fused-ring (bicyclic) bond motifs is 1. The maximum absolute atomic E-state index is 12.5. The Bertz CT molecular complexity index is 726. The molecule has 1 heterocycles. The third-order valence-corrected chi connectivity index (χ3v) is 3.94. The molecule has 1 aliphatic carbocycles. The normalized spacial score (nSPS) is 25.9. The molecule has 21 heavy (non-hydrogen) atoms. The van der Waals surface area contributed by atoms with Crippen molar-refractivity contribution in [2.75, 3.05) is 0 Å². The summed E-state index contributed by atoms with van der Waals surface area (Å²) >= 11 is 0. The van der Waals surface area contributed by atoms with Crippen LogP contribution in [-0.4, -0.2) is 16.9 Å². The Kier molecular flexibility index (Phi) is 3.29. The molecule has 106 valence electrons. The minimum Gasteiger partial charge on any atom is -0.505 e. The average Bonchev–Trinajstić information content (AvgIpc) is 2.50. The number of allylic oxidation sites excluding steroid dienone is 3. The Morgan fingerprint density at radius 2 is 1.90 bits per heavy atom. The van der Waals surface area contributed by atoms with Crippen LogP contribution in [0.4, 0.5) is 0 Å². The van der Waals surface area contributed by atoms with Gasteiger partial charge in [0.1, 0.15) is 6.04 Å². The summed E-state index contributed by atoms with van der Waals surface area (Å²) in [6.45, 7) is 3.96. The molecule has 3 rings (SSSR count). The molecule has 0 bridgehead atoms. The lowest BCUT2D eigenvalue weighted by Gasteiger charge is -2.23. The Balaban J connectivity index is 2.05. The molecule has 4 nitrogen and oxygen atoms in total. The van der Waals surface area contributed by atoms with Gasteiger partial charge < -0.3 is 5.11 Å². The number of carbonyl (C=O) groups excluding carboxylic acids is 1. The summed E-state index contributed by atoms with van der Waals surface area (Å²) in [6.07, 6.45) is 7.32. The van der Waals surface area contributed by atoms with E-state index in [9.17, 15) is 9.90 Å². The zero-order chi connectivity index (χ0) is 15.0. The molecule has 0 radical (unpaired) electrons. The van der Waals surface area contributed by atoms with Crippen molar-refractivity contribution in [3.63, 3.8) is 0 Å². The maximum atomic E-state index is 12.5. The summed E-state index contributed by atoms with van der Waals surface area (Å²) in [6, 6.07) is 5.30. The van der Waals surface area contributed by atoms with Gasteiger partial charge in [-0.1, -0.05) is 36.4 Å². The van der Waals surface area contributed by atoms with E-state index < -0.39 is 0 Å². The molecule has 0 saturated heterocycles. The second kappa shape index (κ2) is 5.13. The van der Waals surface area contributed by atoms with Crippen LogP contribution >= 0.6 is 0 Å². The molecule has 2 atom stereocenters. The third kappa shape index (κ3) is 2.33. The number of rotatable bonds is 1. The minimum atomic E-state index is -0.365. The van der Waals surface area contributed by atoms with E-state index in [1.54, 1.807) is 12.1 Å². The lowest BCUT2D eigenvalue weighted by atomic mass is 9.88. The van der Waals surface area contributed by atoms with Gasteiger partial charge in [0, 0.05) is 5.56 Å². The average molecular weight is 280 g/mol. The van der Waals surface area contributed by atoms with Crippen LogP contribution in [0.25, 0.3) is 5.76 Å². The molecule has 1 aromatic rings. The number of hydrogen-bond acceptors (Lipinski definition) is 4. The fourth-order valence-corrected chi connectivity index (χ4v) is 2.47. The lowest BCUT2D eigenvalue weighted by molar-refractivity contribution is -0.118. The Labute approximate surface area is 123 Å². The van der Waals surface area contributed by atoms with E-state index >= 15 is 0 Å². The summed E-state index contributed by atoms with van der Waals surface area (Å²) in [5, 5.41) is 18.4. The predicted molar refractivity (Wildman–Crippen MR) is 80.9 cm³/mol. The maximum Gasteiger partial charge on any atom is 0.196 e. The summed E-state index contributed by atoms with van der Waals surface area (Å²) in [4.78, 5) is 12.5. The van der Waals surface area contributed by atoms with Crippen molar-refractivity contribution in [2.24, 2.45) is 16.1 Å². The standard InChI is InChI=1S/C17H16N2O2/c1-10-7-8-12(9-11(10)2)16(20)15-17(21)13-5-3-4-6-14(13)18-19-15/h3-9,13-14,20H,1-2H3. The van der Waals surface area contributed by atoms with Gasteiger partial charge >= 0.3 is 0 Å². The molecular weight excluding hydrogens is 264 g/mol. The number of nitrogens with zero attached hydrogens (tertiary/aromatic N) is 2. The molecule has 4 heteroatoms. The number of ketones is 1. The van der Waals surface area contributed by atoms with Crippen molar-refractivity contribution >= 4 is 11.5 Å². The number of azo groups is 1. The van der Waals surface area contributed by atoms with Gasteiger partial charge in [0.2, 0.25) is 0 Å². The van der Waals surface area contributed by atoms with Crippen molar-refractivity contribution < 1.29 is 9.90 Å². The van der Waals surface area contributed by atoms with Crippen LogP contribution in [-0.2, 0) is 4.79 Å². The first-order chi connectivity index (χ1) is 10.1. The molecule has 1 aliphatic heterocycles. The number of carbonyl (C=O) groups is 1. The SMILES string of the molecule is Cc1ccc(C(O)=C2N=NC3C=CC=CC3C2=O)cc1C. The number of hydrogen-bond donors (Lipinski definition) is 1. The van der Waals surface area contributed by atoms with Crippen molar-refractivity contribution in [2.45, 2.75) is 19.9 Å². The molecule has 0 saturated carbocycles. The largest absolute Gasteiger partial charge is 0.505 e. The highest BCUT2D eigenvalue weighted by molar-refractivity contribution is 6.04. The summed E-state index contributed by atoms with van der Waals surface area (Å²) in [5.41, 5.74) is 2.82. The fourth-order valence-electron chi connectivity index (χ4n) is 2.47. The Morgan fingerprint density at radius 1 is 1.14 bits per heavy atom. The van der Waals surface area contributed by atoms with Gasteiger partial charge in [0.05, 0.1) is 5.92 Å². The second-order valence-electron chi connectivity index (χ2n) is 5.36. The van der Waals surface area contributed by atoms with Crippen LogP contribution in [0, 0.1) is 19.8 Å². The van der Waals surface area contributed by atoms with E-state index in [4.69, 9.17) is 0 Å². The van der Waals surface area contributed by atoms with E-state index in [0.29, 0.717) is 5.56 Å². The quantitative estimate of drug-likeness (QED) is 0.630. The monoisotopic (exact) mass is 280 g/mol. The smallest absolute Gasteiger partial charge is 0.196 e. The van der Waals surface area contributed by atoms with Crippen LogP contribution in [0.2, 0.25) is 0 Å². The highest BCUT2D eigenvalue weighted by Crippen LogP contribution is 2.30. The van der Waals surface area contributed by atoms with Crippen molar-refractivity contribution in [1.29, 1.82) is 0 Å². The summed E-state index contributed by atoms with van der Waals surface area (Å²) < 4.78 is 0. The zero-order valence-corrected chi connectivity index (χ0v) is 11.9. The molecule has 0 amide bonds. The van der Waals surface area contributed by atoms with Crippen LogP contribution in [0.15, 0.2) is 58.4 Å². The molecule has 2 unspecified atom stereocenters. The first kappa shape index (κ1) is 13.5. The van der Waals surface area contributed by atoms with Gasteiger partial charge in [0.15, 0.2) is 17.2 Å². The predicted octanol–water partition coefficient (Wildman–Crippen LogP) is 3.68. The van der Waals surface area contributed by atoms with Crippen LogP contribution < -0.4 is 0 Å². The van der Waals surface area contributed by atoms with E-state index in [0.717, 1.165) is 11.1 Å². The van der Waals surface area contributed by atoms with Crippen molar-refractivity contribution in [3.05, 3.63) is 64.9 Å². The Hall–Kier alpha value is -2.49. The molecule has 0 spiro atoms. The molecular formula is C17H16N2O2. The van der Waals surface area contributed by atoms with Crippen molar-refractivity contribution in [1.82, 2.24) is 0 Å². The molecule has 1 N–H and O–H groups in total. The van der Waals surface area contributed by atoms with Crippen LogP contribution in [0.5, 0.6) is 0 Å². The van der Waals surface area contributed by atoms with Crippen LogP contribution in [0.3, 0.4) is 0 Å². The highest BCUT2D eigenvalue weighted by Gasteiger charge is 2.34. The number of aliphatic hydroxyl groups excluding tert-OH is 1. The van der Waals surface area contributed by atoms with E-state index in [1.165, 1.54) is 0 Å². The third-order valence-electron chi connectivity index (χ3n) is 3.94. The topological polar surface area (TPSA) is 62.0 Å². The molecule has 0 fully saturated rings. The lowest BCUT2D eigenvalue weighted by Crippen LogP contribution is -2.29. The van der Waals surface area contributed by atoms with Gasteiger partial charge in [-0.2, -0.15) is 5.11 Å². The fraction of sp³-hybridized carbons (Fsp3) is 0.235. The Morgan fingerprint density at radius 3 is 2.67 bits per heavy atom. The molecule has 0 aromatic heterocycles. The van der Waals surface area contributed by atoms with E-state index in [-0.39, 0.29) is 29.2 Å². The highest BCUT2D eigenvalue weighted by atomic mass is 16.3. The summed E-state index contributed by atoms with van der Waals surface area (Å²) in [7, 11) is 0. The molecule has 1 aromatic carbocycles. The number of aliphatic hydroxyl groups is 1. The van der Waals surface area contributed by atoms with E-state index in [1.807, 2.05) is 44.2 Å². The van der Waals surface area contributed by atoms with Gasteiger partial charge in [-0.25, -0.2) is 0 Å². The zero-order valence-electron chi connectivity index (χ0n) is 11.9. The van der Waals surface area contributed by atoms with Crippen molar-refractivity contribution in [3.8, 4) is 0 Å². The minimum absolute atomic E-state index is 0.0412. The second-order valence-corrected chi connectivity index (χ2v) is 5.36. The van der Waals surface area contributed by atoms with Gasteiger partial charge in [-0.3, -0.25) is 4.79 Å². The number of Topliss-reactive ketones (excluding diaryl/α,β-unsaturated/α-hetero) is 1. The number of benzene rings is 1. The number of aryl methyl sites for hydroxylation is 2.